The summed E-state index contributed by atoms with van der Waals surface area (Å²) in [4.78, 5) is 18.8. The Bertz CT molecular complexity index is 1480. The topological polar surface area (TPSA) is 45.4 Å². The largest absolute Gasteiger partial charge is 0.352 e. The van der Waals surface area contributed by atoms with E-state index in [9.17, 15) is 4.79 Å². The van der Waals surface area contributed by atoms with Gasteiger partial charge in [-0.15, -0.1) is 0 Å². The van der Waals surface area contributed by atoms with Crippen molar-refractivity contribution in [3.05, 3.63) is 107 Å². The number of imidazole rings is 1. The molecule has 1 atom stereocenters. The van der Waals surface area contributed by atoms with Gasteiger partial charge in [0.05, 0.1) is 17.1 Å². The highest BCUT2D eigenvalue weighted by atomic mass is 32.1. The van der Waals surface area contributed by atoms with Crippen molar-refractivity contribution in [1.82, 2.24) is 24.3 Å². The van der Waals surface area contributed by atoms with E-state index in [1.807, 2.05) is 16.7 Å². The highest BCUT2D eigenvalue weighted by Crippen LogP contribution is 2.28. The Hall–Kier alpha value is -3.42. The minimum atomic E-state index is -0.00913. The molecular weight excluding hydrogens is 538 g/mol. The molecule has 7 heteroatoms. The number of thiocarbonyl (C=S) groups is 1. The number of likely N-dealkylation sites (tertiary alicyclic amines) is 2. The fourth-order valence-corrected chi connectivity index (χ4v) is 7.21. The van der Waals surface area contributed by atoms with Crippen LogP contribution in [0.1, 0.15) is 62.2 Å². The molecule has 42 heavy (non-hydrogen) atoms. The molecule has 3 heterocycles. The van der Waals surface area contributed by atoms with Gasteiger partial charge >= 0.3 is 5.69 Å². The Kier molecular flexibility index (Phi) is 9.06. The maximum atomic E-state index is 14.0. The number of aromatic nitrogens is 2. The van der Waals surface area contributed by atoms with E-state index < -0.39 is 0 Å². The van der Waals surface area contributed by atoms with Crippen LogP contribution in [0.25, 0.3) is 11.0 Å². The molecule has 2 aliphatic rings. The quantitative estimate of drug-likeness (QED) is 0.250. The van der Waals surface area contributed by atoms with Crippen molar-refractivity contribution in [3.8, 4) is 0 Å². The normalized spacial score (nSPS) is 17.5. The Morgan fingerprint density at radius 1 is 0.786 bits per heavy atom. The van der Waals surface area contributed by atoms with E-state index in [4.69, 9.17) is 12.2 Å². The van der Waals surface area contributed by atoms with Crippen LogP contribution in [0.4, 0.5) is 0 Å². The molecule has 1 unspecified atom stereocenters. The number of fused-ring (bicyclic) bond motifs is 1. The Labute approximate surface area is 254 Å². The van der Waals surface area contributed by atoms with Crippen LogP contribution in [-0.4, -0.2) is 56.8 Å². The molecule has 220 valence electrons. The average molecular weight is 582 g/mol. The Morgan fingerprint density at radius 3 is 1.98 bits per heavy atom. The highest BCUT2D eigenvalue weighted by molar-refractivity contribution is 7.80. The molecule has 0 radical (unpaired) electrons. The molecule has 6 nitrogen and oxygen atoms in total. The van der Waals surface area contributed by atoms with Crippen molar-refractivity contribution in [2.45, 2.75) is 57.7 Å². The number of piperidine rings is 2. The molecule has 0 amide bonds. The molecule has 0 bridgehead atoms. The van der Waals surface area contributed by atoms with E-state index in [0.717, 1.165) is 55.2 Å². The Morgan fingerprint density at radius 2 is 1.36 bits per heavy atom. The van der Waals surface area contributed by atoms with Crippen molar-refractivity contribution in [2.75, 3.05) is 32.7 Å². The van der Waals surface area contributed by atoms with Gasteiger partial charge < -0.3 is 15.1 Å². The first-order valence-electron chi connectivity index (χ1n) is 15.7. The SMILES string of the molecule is CC(CN1CCCCC1)Cn1c(=O)n(C2CCN(C(=S)NC(c3ccccc3)c3ccccc3)CC2)c2ccccc21. The second kappa shape index (κ2) is 13.3. The predicted octanol–water partition coefficient (Wildman–Crippen LogP) is 6.23. The van der Waals surface area contributed by atoms with Gasteiger partial charge in [0.1, 0.15) is 0 Å². The lowest BCUT2D eigenvalue weighted by molar-refractivity contribution is 0.192. The van der Waals surface area contributed by atoms with E-state index in [1.165, 1.54) is 43.5 Å². The lowest BCUT2D eigenvalue weighted by Gasteiger charge is -2.36. The lowest BCUT2D eigenvalue weighted by Crippen LogP contribution is -2.46. The molecule has 0 saturated carbocycles. The second-order valence-electron chi connectivity index (χ2n) is 12.1. The molecule has 2 saturated heterocycles. The van der Waals surface area contributed by atoms with Crippen LogP contribution in [0.3, 0.4) is 0 Å². The van der Waals surface area contributed by atoms with E-state index in [0.29, 0.717) is 5.92 Å². The summed E-state index contributed by atoms with van der Waals surface area (Å²) in [5, 5.41) is 4.43. The van der Waals surface area contributed by atoms with Gasteiger partial charge in [0.15, 0.2) is 5.11 Å². The van der Waals surface area contributed by atoms with Crippen LogP contribution >= 0.6 is 12.2 Å². The fraction of sp³-hybridized carbons (Fsp3) is 0.429. The summed E-state index contributed by atoms with van der Waals surface area (Å²) in [6.45, 7) is 8.13. The number of nitrogens with one attached hydrogen (secondary N) is 1. The molecule has 0 aliphatic carbocycles. The molecule has 2 aliphatic heterocycles. The summed E-state index contributed by atoms with van der Waals surface area (Å²) in [5.74, 6) is 0.424. The van der Waals surface area contributed by atoms with E-state index >= 15 is 0 Å². The fourth-order valence-electron chi connectivity index (χ4n) is 6.91. The number of hydrogen-bond acceptors (Lipinski definition) is 3. The maximum Gasteiger partial charge on any atom is 0.329 e. The number of hydrogen-bond donors (Lipinski definition) is 1. The molecule has 6 rings (SSSR count). The van der Waals surface area contributed by atoms with Gasteiger partial charge in [-0.05, 0) is 80.2 Å². The molecule has 1 N–H and O–H groups in total. The summed E-state index contributed by atoms with van der Waals surface area (Å²) in [6, 6.07) is 29.5. The van der Waals surface area contributed by atoms with E-state index in [-0.39, 0.29) is 17.8 Å². The van der Waals surface area contributed by atoms with Gasteiger partial charge in [0, 0.05) is 32.2 Å². The zero-order valence-corrected chi connectivity index (χ0v) is 25.5. The Balaban J connectivity index is 1.15. The van der Waals surface area contributed by atoms with Crippen molar-refractivity contribution in [1.29, 1.82) is 0 Å². The van der Waals surface area contributed by atoms with Crippen LogP contribution < -0.4 is 11.0 Å². The van der Waals surface area contributed by atoms with Crippen LogP contribution in [0.15, 0.2) is 89.7 Å². The first-order chi connectivity index (χ1) is 20.6. The van der Waals surface area contributed by atoms with Crippen molar-refractivity contribution >= 4 is 28.4 Å². The highest BCUT2D eigenvalue weighted by Gasteiger charge is 2.28. The monoisotopic (exact) mass is 581 g/mol. The smallest absolute Gasteiger partial charge is 0.329 e. The van der Waals surface area contributed by atoms with Gasteiger partial charge in [-0.3, -0.25) is 9.13 Å². The minimum absolute atomic E-state index is 0.00913. The molecule has 1 aromatic heterocycles. The van der Waals surface area contributed by atoms with Crippen LogP contribution in [0, 0.1) is 5.92 Å². The number of nitrogens with zero attached hydrogens (tertiary/aromatic N) is 4. The third-order valence-corrected chi connectivity index (χ3v) is 9.41. The zero-order chi connectivity index (χ0) is 28.9. The average Bonchev–Trinajstić information content (AvgIpc) is 3.31. The molecule has 3 aromatic carbocycles. The zero-order valence-electron chi connectivity index (χ0n) is 24.7. The summed E-state index contributed by atoms with van der Waals surface area (Å²) >= 11 is 5.97. The van der Waals surface area contributed by atoms with Crippen molar-refractivity contribution in [3.63, 3.8) is 0 Å². The van der Waals surface area contributed by atoms with Crippen molar-refractivity contribution < 1.29 is 0 Å². The van der Waals surface area contributed by atoms with Crippen molar-refractivity contribution in [2.24, 2.45) is 5.92 Å². The van der Waals surface area contributed by atoms with Crippen LogP contribution in [0.2, 0.25) is 0 Å². The number of para-hydroxylation sites is 2. The standard InChI is InChI=1S/C35H43N5OS/c1-27(25-37-21-11-4-12-22-37)26-39-31-17-9-10-18-32(31)40(35(39)41)30-19-23-38(24-20-30)34(42)36-33(28-13-5-2-6-14-28)29-15-7-3-8-16-29/h2-3,5-10,13-18,27,30,33H,4,11-12,19-26H2,1H3,(H,36,42). The molecular formula is C35H43N5OS. The summed E-state index contributed by atoms with van der Waals surface area (Å²) in [6.07, 6.45) is 5.71. The second-order valence-corrected chi connectivity index (χ2v) is 12.5. The lowest BCUT2D eigenvalue weighted by atomic mass is 9.99. The van der Waals surface area contributed by atoms with Crippen LogP contribution in [-0.2, 0) is 6.54 Å². The van der Waals surface area contributed by atoms with E-state index in [2.05, 4.69) is 99.4 Å². The van der Waals surface area contributed by atoms with Gasteiger partial charge in [-0.2, -0.15) is 0 Å². The minimum Gasteiger partial charge on any atom is -0.352 e. The molecule has 2 fully saturated rings. The first kappa shape index (κ1) is 28.7. The molecule has 4 aromatic rings. The molecule has 0 spiro atoms. The predicted molar refractivity (Wildman–Crippen MR) is 176 cm³/mol. The van der Waals surface area contributed by atoms with Crippen LogP contribution in [0.5, 0.6) is 0 Å². The maximum absolute atomic E-state index is 14.0. The van der Waals surface area contributed by atoms with E-state index in [1.54, 1.807) is 0 Å². The number of benzene rings is 3. The van der Waals surface area contributed by atoms with Gasteiger partial charge in [0.25, 0.3) is 0 Å². The first-order valence-corrected chi connectivity index (χ1v) is 16.1. The number of rotatable bonds is 8. The van der Waals surface area contributed by atoms with Gasteiger partial charge in [-0.1, -0.05) is 86.1 Å². The third-order valence-electron chi connectivity index (χ3n) is 9.03. The summed E-state index contributed by atoms with van der Waals surface area (Å²) in [5.41, 5.74) is 4.62. The van der Waals surface area contributed by atoms with Gasteiger partial charge in [-0.25, -0.2) is 4.79 Å². The summed E-state index contributed by atoms with van der Waals surface area (Å²) < 4.78 is 4.11. The van der Waals surface area contributed by atoms with Gasteiger partial charge in [0.2, 0.25) is 0 Å². The summed E-state index contributed by atoms with van der Waals surface area (Å²) in [7, 11) is 0. The third kappa shape index (κ3) is 6.32.